The molecule has 0 saturated carbocycles. The van der Waals surface area contributed by atoms with E-state index in [1.807, 2.05) is 0 Å². The molecule has 0 unspecified atom stereocenters. The Kier molecular flexibility index (Phi) is 7.69. The van der Waals surface area contributed by atoms with Gasteiger partial charge in [-0.3, -0.25) is 4.98 Å². The van der Waals surface area contributed by atoms with Crippen molar-refractivity contribution >= 4 is 22.0 Å². The molecule has 9 nitrogen and oxygen atoms in total. The zero-order chi connectivity index (χ0) is 23.2. The van der Waals surface area contributed by atoms with Crippen LogP contribution in [0, 0.1) is 12.4 Å². The quantitative estimate of drug-likeness (QED) is 0.518. The number of pyridine rings is 1. The van der Waals surface area contributed by atoms with Gasteiger partial charge in [-0.2, -0.15) is 4.31 Å². The Balaban J connectivity index is 0.000000785. The number of carbonyl (C=O) groups is 1. The molecule has 2 atom stereocenters. The summed E-state index contributed by atoms with van der Waals surface area (Å²) in [6.07, 6.45) is -1.35. The van der Waals surface area contributed by atoms with Gasteiger partial charge in [0.15, 0.2) is 0 Å². The predicted octanol–water partition coefficient (Wildman–Crippen LogP) is 1.99. The molecule has 1 saturated heterocycles. The van der Waals surface area contributed by atoms with Gasteiger partial charge in [0.25, 0.3) is 0 Å². The van der Waals surface area contributed by atoms with E-state index in [4.69, 9.17) is 16.1 Å². The van der Waals surface area contributed by atoms with Crippen molar-refractivity contribution in [3.8, 4) is 5.75 Å². The van der Waals surface area contributed by atoms with Crippen LogP contribution in [0.1, 0.15) is 0 Å². The molecule has 1 aromatic carbocycles. The van der Waals surface area contributed by atoms with Gasteiger partial charge in [-0.05, 0) is 24.3 Å². The van der Waals surface area contributed by atoms with E-state index in [0.717, 1.165) is 10.4 Å². The van der Waals surface area contributed by atoms with Crippen LogP contribution < -0.4 is 4.74 Å². The van der Waals surface area contributed by atoms with Crippen molar-refractivity contribution in [1.82, 2.24) is 9.29 Å². The summed E-state index contributed by atoms with van der Waals surface area (Å²) in [5.41, 5.74) is -2.06. The monoisotopic (exact) mass is 459 g/mol. The Morgan fingerprint density at radius 2 is 2.06 bits per heavy atom. The Bertz CT molecular complexity index is 1080. The molecule has 2 N–H and O–H groups in total. The number of β-amino-alcohol motifs (C(OH)–C–C–N with tert-alkyl or cyclic N) is 1. The summed E-state index contributed by atoms with van der Waals surface area (Å²) in [4.78, 5) is 14.8. The highest BCUT2D eigenvalue weighted by Crippen LogP contribution is 2.31. The highest BCUT2D eigenvalue weighted by Gasteiger charge is 2.50. The van der Waals surface area contributed by atoms with E-state index in [0.29, 0.717) is 0 Å². The minimum atomic E-state index is -3.96. The summed E-state index contributed by atoms with van der Waals surface area (Å²) in [5, 5.41) is 20.2. The van der Waals surface area contributed by atoms with E-state index in [2.05, 4.69) is 9.83 Å². The van der Waals surface area contributed by atoms with Crippen LogP contribution in [0.15, 0.2) is 47.6 Å². The van der Waals surface area contributed by atoms with E-state index < -0.39 is 47.0 Å². The van der Waals surface area contributed by atoms with Crippen LogP contribution in [0.4, 0.5) is 23.7 Å². The fourth-order valence-corrected chi connectivity index (χ4v) is 4.24. The second-order valence-electron chi connectivity index (χ2n) is 6.31. The highest BCUT2D eigenvalue weighted by atomic mass is 32.2. The molecular weight excluding hydrogens is 443 g/mol. The molecule has 1 fully saturated rings. The third-order valence-corrected chi connectivity index (χ3v) is 6.08. The largest absolute Gasteiger partial charge is 0.486 e. The SMILES string of the molecule is O=C(F)F.[C-]#[N+]c1ccc(O[C@H]2CN(S(=O)(=O)c3cccnc3)C[C@@]2(O)CO)cc1F. The van der Waals surface area contributed by atoms with Gasteiger partial charge in [0.2, 0.25) is 15.7 Å². The number of hydrogen-bond donors (Lipinski definition) is 2. The molecule has 2 aromatic rings. The molecular formula is C18H16F3N3O6S. The third-order valence-electron chi connectivity index (χ3n) is 4.28. The first-order valence-corrected chi connectivity index (χ1v) is 9.89. The smallest absolute Gasteiger partial charge is 0.483 e. The lowest BCUT2D eigenvalue weighted by Gasteiger charge is -2.27. The molecule has 1 aromatic heterocycles. The van der Waals surface area contributed by atoms with Crippen molar-refractivity contribution in [2.45, 2.75) is 16.6 Å². The summed E-state index contributed by atoms with van der Waals surface area (Å²) in [6, 6.07) is 6.37. The fraction of sp³-hybridized carbons (Fsp3) is 0.278. The van der Waals surface area contributed by atoms with Crippen molar-refractivity contribution in [3.63, 3.8) is 0 Å². The number of hydrogen-bond acceptors (Lipinski definition) is 7. The van der Waals surface area contributed by atoms with Gasteiger partial charge in [-0.25, -0.2) is 22.4 Å². The lowest BCUT2D eigenvalue weighted by molar-refractivity contribution is -0.0641. The second kappa shape index (κ2) is 9.84. The summed E-state index contributed by atoms with van der Waals surface area (Å²) in [6.45, 7) is 5.45. The van der Waals surface area contributed by atoms with E-state index >= 15 is 0 Å². The van der Waals surface area contributed by atoms with Gasteiger partial charge in [0.05, 0.1) is 19.7 Å². The molecule has 1 aliphatic heterocycles. The number of halogens is 3. The molecule has 0 spiro atoms. The van der Waals surface area contributed by atoms with E-state index in [1.54, 1.807) is 0 Å². The van der Waals surface area contributed by atoms with Gasteiger partial charge in [-0.1, -0.05) is 0 Å². The zero-order valence-corrected chi connectivity index (χ0v) is 16.5. The molecule has 3 rings (SSSR count). The van der Waals surface area contributed by atoms with Crippen LogP contribution in [-0.2, 0) is 10.0 Å². The van der Waals surface area contributed by atoms with Crippen LogP contribution in [-0.4, -0.2) is 65.6 Å². The summed E-state index contributed by atoms with van der Waals surface area (Å²) in [7, 11) is -3.96. The number of rotatable bonds is 5. The Morgan fingerprint density at radius 1 is 1.39 bits per heavy atom. The molecule has 0 aliphatic carbocycles. The maximum Gasteiger partial charge on any atom is 0.483 e. The topological polar surface area (TPSA) is 121 Å². The van der Waals surface area contributed by atoms with Crippen molar-refractivity contribution in [2.75, 3.05) is 19.7 Å². The lowest BCUT2D eigenvalue weighted by Crippen LogP contribution is -2.48. The molecule has 13 heteroatoms. The molecule has 0 radical (unpaired) electrons. The molecule has 0 amide bonds. The number of sulfonamides is 1. The van der Waals surface area contributed by atoms with Crippen LogP contribution in [0.25, 0.3) is 4.85 Å². The average molecular weight is 459 g/mol. The molecule has 166 valence electrons. The van der Waals surface area contributed by atoms with E-state index in [9.17, 15) is 31.8 Å². The molecule has 1 aliphatic rings. The number of aliphatic hydroxyl groups excluding tert-OH is 1. The first kappa shape index (κ1) is 24.2. The van der Waals surface area contributed by atoms with Gasteiger partial charge in [0.1, 0.15) is 28.2 Å². The normalized spacial score (nSPS) is 21.0. The van der Waals surface area contributed by atoms with Crippen molar-refractivity contribution < 1.29 is 41.3 Å². The maximum atomic E-state index is 13.8. The van der Waals surface area contributed by atoms with Crippen molar-refractivity contribution in [3.05, 3.63) is 60.0 Å². The van der Waals surface area contributed by atoms with Crippen molar-refractivity contribution in [2.24, 2.45) is 0 Å². The first-order valence-electron chi connectivity index (χ1n) is 8.45. The summed E-state index contributed by atoms with van der Waals surface area (Å²) < 4.78 is 65.1. The number of nitrogens with zero attached hydrogens (tertiary/aromatic N) is 3. The molecule has 31 heavy (non-hydrogen) atoms. The van der Waals surface area contributed by atoms with Crippen LogP contribution in [0.5, 0.6) is 5.75 Å². The summed E-state index contributed by atoms with van der Waals surface area (Å²) >= 11 is 0. The van der Waals surface area contributed by atoms with Crippen molar-refractivity contribution in [1.29, 1.82) is 0 Å². The number of aliphatic hydroxyl groups is 2. The van der Waals surface area contributed by atoms with E-state index in [1.165, 1.54) is 36.7 Å². The minimum Gasteiger partial charge on any atom is -0.486 e. The maximum absolute atomic E-state index is 13.8. The number of carbonyl (C=O) groups excluding carboxylic acids is 1. The predicted molar refractivity (Wildman–Crippen MR) is 99.7 cm³/mol. The zero-order valence-electron chi connectivity index (χ0n) is 15.7. The fourth-order valence-electron chi connectivity index (χ4n) is 2.77. The Morgan fingerprint density at radius 3 is 2.58 bits per heavy atom. The molecule has 2 heterocycles. The van der Waals surface area contributed by atoms with Gasteiger partial charge in [-0.15, -0.1) is 8.78 Å². The standard InChI is InChI=1S/C17H16FN3O5S.CF2O/c1-19-15-5-4-12(7-14(15)18)26-16-9-21(10-17(16,23)11-22)27(24,25)13-3-2-6-20-8-13;2-1(3)4/h2-8,16,22-23H,9-11H2;/t16-,17+;/m0./s1. The van der Waals surface area contributed by atoms with Crippen LogP contribution >= 0.6 is 0 Å². The number of ether oxygens (including phenoxy) is 1. The number of benzene rings is 1. The Hall–Kier alpha value is -3.05. The Labute approximate surface area is 175 Å². The van der Waals surface area contributed by atoms with Crippen LogP contribution in [0.2, 0.25) is 0 Å². The number of aromatic nitrogens is 1. The lowest BCUT2D eigenvalue weighted by atomic mass is 10.0. The summed E-state index contributed by atoms with van der Waals surface area (Å²) in [5.74, 6) is -0.787. The van der Waals surface area contributed by atoms with E-state index in [-0.39, 0.29) is 22.9 Å². The average Bonchev–Trinajstić information content (AvgIpc) is 3.06. The van der Waals surface area contributed by atoms with Crippen LogP contribution in [0.3, 0.4) is 0 Å². The van der Waals surface area contributed by atoms with Gasteiger partial charge in [0, 0.05) is 25.0 Å². The highest BCUT2D eigenvalue weighted by molar-refractivity contribution is 7.89. The minimum absolute atomic E-state index is 0.0115. The van der Waals surface area contributed by atoms with Gasteiger partial charge >= 0.3 is 6.29 Å². The third kappa shape index (κ3) is 5.76. The van der Waals surface area contributed by atoms with Gasteiger partial charge < -0.3 is 14.9 Å². The molecule has 0 bridgehead atoms. The second-order valence-corrected chi connectivity index (χ2v) is 8.24. The first-order chi connectivity index (χ1) is 14.5.